The maximum Gasteiger partial charge on any atom is 0.264 e. The van der Waals surface area contributed by atoms with Gasteiger partial charge in [-0.25, -0.2) is 4.39 Å². The van der Waals surface area contributed by atoms with E-state index in [-0.39, 0.29) is 24.2 Å². The van der Waals surface area contributed by atoms with Crippen molar-refractivity contribution in [3.05, 3.63) is 49.9 Å². The van der Waals surface area contributed by atoms with Crippen molar-refractivity contribution in [2.75, 3.05) is 25.0 Å². The Balaban J connectivity index is 1.77. The number of benzene rings is 1. The highest BCUT2D eigenvalue weighted by molar-refractivity contribution is 9.11. The minimum Gasteiger partial charge on any atom is -0.332 e. The van der Waals surface area contributed by atoms with Gasteiger partial charge in [0.2, 0.25) is 5.91 Å². The molecular weight excluding hydrogens is 407 g/mol. The van der Waals surface area contributed by atoms with E-state index in [0.717, 1.165) is 27.8 Å². The molecule has 0 spiro atoms. The standard InChI is InChI=1S/C18H18BrFN2O2S/c1-11-8-12-4-3-7-22(17(12)13(20)9-11)16(23)10-21(2)18(24)14-5-6-15(19)25-14/h5-6,8-9H,3-4,7,10H2,1-2H3. The first-order valence-corrected chi connectivity index (χ1v) is 9.58. The summed E-state index contributed by atoms with van der Waals surface area (Å²) in [6, 6.07) is 6.89. The Morgan fingerprint density at radius 1 is 1.36 bits per heavy atom. The van der Waals surface area contributed by atoms with Crippen LogP contribution in [0.5, 0.6) is 0 Å². The van der Waals surface area contributed by atoms with Crippen molar-refractivity contribution in [2.24, 2.45) is 0 Å². The summed E-state index contributed by atoms with van der Waals surface area (Å²) >= 11 is 4.65. The molecule has 1 aliphatic heterocycles. The molecule has 2 aromatic rings. The summed E-state index contributed by atoms with van der Waals surface area (Å²) in [6.45, 7) is 2.23. The van der Waals surface area contributed by atoms with Crippen molar-refractivity contribution in [1.82, 2.24) is 4.90 Å². The number of likely N-dealkylation sites (N-methyl/N-ethyl adjacent to an activating group) is 1. The number of thiophene rings is 1. The molecule has 0 aliphatic carbocycles. The largest absolute Gasteiger partial charge is 0.332 e. The molecule has 2 heterocycles. The van der Waals surface area contributed by atoms with Crippen LogP contribution >= 0.6 is 27.3 Å². The average Bonchev–Trinajstić information content (AvgIpc) is 2.99. The van der Waals surface area contributed by atoms with Gasteiger partial charge in [0.05, 0.1) is 14.4 Å². The van der Waals surface area contributed by atoms with Crippen LogP contribution in [0.15, 0.2) is 28.1 Å². The summed E-state index contributed by atoms with van der Waals surface area (Å²) in [5, 5.41) is 0. The number of fused-ring (bicyclic) bond motifs is 1. The molecule has 0 fully saturated rings. The van der Waals surface area contributed by atoms with Gasteiger partial charge < -0.3 is 9.80 Å². The second-order valence-electron chi connectivity index (χ2n) is 6.17. The maximum atomic E-state index is 14.4. The van der Waals surface area contributed by atoms with Crippen molar-refractivity contribution >= 4 is 44.8 Å². The molecule has 25 heavy (non-hydrogen) atoms. The normalized spacial score (nSPS) is 13.5. The van der Waals surface area contributed by atoms with Crippen LogP contribution < -0.4 is 4.90 Å². The first-order chi connectivity index (χ1) is 11.9. The molecule has 132 valence electrons. The number of carbonyl (C=O) groups excluding carboxylic acids is 2. The predicted molar refractivity (Wildman–Crippen MR) is 101 cm³/mol. The van der Waals surface area contributed by atoms with Crippen LogP contribution in [-0.4, -0.2) is 36.9 Å². The van der Waals surface area contributed by atoms with Crippen LogP contribution in [0.4, 0.5) is 10.1 Å². The van der Waals surface area contributed by atoms with E-state index < -0.39 is 0 Å². The number of anilines is 1. The molecule has 0 bridgehead atoms. The average molecular weight is 425 g/mol. The highest BCUT2D eigenvalue weighted by Gasteiger charge is 2.28. The number of halogens is 2. The monoisotopic (exact) mass is 424 g/mol. The lowest BCUT2D eigenvalue weighted by atomic mass is 9.99. The Bertz CT molecular complexity index is 836. The lowest BCUT2D eigenvalue weighted by Crippen LogP contribution is -2.43. The number of hydrogen-bond donors (Lipinski definition) is 0. The molecule has 0 atom stereocenters. The van der Waals surface area contributed by atoms with Crippen LogP contribution in [0, 0.1) is 12.7 Å². The van der Waals surface area contributed by atoms with Crippen molar-refractivity contribution in [3.8, 4) is 0 Å². The second-order valence-corrected chi connectivity index (χ2v) is 8.63. The van der Waals surface area contributed by atoms with Gasteiger partial charge in [0.25, 0.3) is 5.91 Å². The number of nitrogens with zero attached hydrogens (tertiary/aromatic N) is 2. The molecule has 1 aromatic heterocycles. The molecule has 0 N–H and O–H groups in total. The van der Waals surface area contributed by atoms with Crippen LogP contribution in [0.25, 0.3) is 0 Å². The fraction of sp³-hybridized carbons (Fsp3) is 0.333. The highest BCUT2D eigenvalue weighted by Crippen LogP contribution is 2.31. The topological polar surface area (TPSA) is 40.6 Å². The summed E-state index contributed by atoms with van der Waals surface area (Å²) in [5.74, 6) is -0.861. The quantitative estimate of drug-likeness (QED) is 0.746. The predicted octanol–water partition coefficient (Wildman–Crippen LogP) is 4.01. The van der Waals surface area contributed by atoms with Gasteiger partial charge in [0.1, 0.15) is 12.4 Å². The van der Waals surface area contributed by atoms with Crippen LogP contribution in [0.1, 0.15) is 27.2 Å². The Morgan fingerprint density at radius 3 is 2.80 bits per heavy atom. The minimum absolute atomic E-state index is 0.0822. The van der Waals surface area contributed by atoms with E-state index in [1.165, 1.54) is 27.2 Å². The molecule has 1 aromatic carbocycles. The van der Waals surface area contributed by atoms with E-state index in [0.29, 0.717) is 17.1 Å². The van der Waals surface area contributed by atoms with Gasteiger partial charge >= 0.3 is 0 Å². The van der Waals surface area contributed by atoms with Crippen molar-refractivity contribution in [1.29, 1.82) is 0 Å². The van der Waals surface area contributed by atoms with Gasteiger partial charge in [0.15, 0.2) is 0 Å². The molecule has 7 heteroatoms. The van der Waals surface area contributed by atoms with E-state index in [2.05, 4.69) is 15.9 Å². The first kappa shape index (κ1) is 18.1. The Hall–Kier alpha value is -1.73. The van der Waals surface area contributed by atoms with E-state index >= 15 is 0 Å². The lowest BCUT2D eigenvalue weighted by molar-refractivity contribution is -0.119. The number of rotatable bonds is 3. The van der Waals surface area contributed by atoms with Gasteiger partial charge in [-0.05, 0) is 65.0 Å². The van der Waals surface area contributed by atoms with E-state index in [9.17, 15) is 14.0 Å². The third-order valence-electron chi connectivity index (χ3n) is 4.19. The van der Waals surface area contributed by atoms with Gasteiger partial charge in [-0.2, -0.15) is 0 Å². The maximum absolute atomic E-state index is 14.4. The van der Waals surface area contributed by atoms with Gasteiger partial charge in [-0.15, -0.1) is 11.3 Å². The highest BCUT2D eigenvalue weighted by atomic mass is 79.9. The van der Waals surface area contributed by atoms with Crippen LogP contribution in [0.2, 0.25) is 0 Å². The van der Waals surface area contributed by atoms with Gasteiger partial charge in [-0.3, -0.25) is 9.59 Å². The smallest absolute Gasteiger partial charge is 0.264 e. The zero-order valence-electron chi connectivity index (χ0n) is 14.0. The van der Waals surface area contributed by atoms with Gasteiger partial charge in [0, 0.05) is 13.6 Å². The molecule has 0 radical (unpaired) electrons. The van der Waals surface area contributed by atoms with Crippen molar-refractivity contribution in [2.45, 2.75) is 19.8 Å². The van der Waals surface area contributed by atoms with Crippen molar-refractivity contribution in [3.63, 3.8) is 0 Å². The Morgan fingerprint density at radius 2 is 2.12 bits per heavy atom. The number of hydrogen-bond acceptors (Lipinski definition) is 3. The summed E-state index contributed by atoms with van der Waals surface area (Å²) in [5.41, 5.74) is 2.07. The Kier molecular flexibility index (Phi) is 5.24. The third-order valence-corrected chi connectivity index (χ3v) is 5.80. The fourth-order valence-electron chi connectivity index (χ4n) is 3.07. The van der Waals surface area contributed by atoms with Crippen LogP contribution in [0.3, 0.4) is 0 Å². The van der Waals surface area contributed by atoms with E-state index in [4.69, 9.17) is 0 Å². The SMILES string of the molecule is Cc1cc(F)c2c(c1)CCCN2C(=O)CN(C)C(=O)c1ccc(Br)s1. The number of carbonyl (C=O) groups is 2. The molecule has 0 unspecified atom stereocenters. The zero-order valence-corrected chi connectivity index (χ0v) is 16.4. The molecule has 2 amide bonds. The fourth-order valence-corrected chi connectivity index (χ4v) is 4.45. The van der Waals surface area contributed by atoms with Crippen molar-refractivity contribution < 1.29 is 14.0 Å². The lowest BCUT2D eigenvalue weighted by Gasteiger charge is -2.31. The second kappa shape index (κ2) is 7.25. The van der Waals surface area contributed by atoms with Crippen LogP contribution in [-0.2, 0) is 11.2 Å². The number of aryl methyl sites for hydroxylation is 2. The molecule has 0 saturated heterocycles. The molecular formula is C18H18BrFN2O2S. The summed E-state index contributed by atoms with van der Waals surface area (Å²) < 4.78 is 15.3. The molecule has 1 aliphatic rings. The molecule has 0 saturated carbocycles. The minimum atomic E-state index is -0.376. The summed E-state index contributed by atoms with van der Waals surface area (Å²) in [6.07, 6.45) is 1.55. The first-order valence-electron chi connectivity index (χ1n) is 7.97. The van der Waals surface area contributed by atoms with E-state index in [1.54, 1.807) is 19.2 Å². The van der Waals surface area contributed by atoms with E-state index in [1.807, 2.05) is 13.0 Å². The summed E-state index contributed by atoms with van der Waals surface area (Å²) in [4.78, 5) is 28.5. The molecule has 3 rings (SSSR count). The van der Waals surface area contributed by atoms with Gasteiger partial charge in [-0.1, -0.05) is 6.07 Å². The summed E-state index contributed by atoms with van der Waals surface area (Å²) in [7, 11) is 1.59. The zero-order chi connectivity index (χ0) is 18.1. The number of amides is 2. The third kappa shape index (κ3) is 3.77. The molecule has 4 nitrogen and oxygen atoms in total. The Labute approximate surface area is 158 Å².